The van der Waals surface area contributed by atoms with Crippen LogP contribution in [0.2, 0.25) is 0 Å². The number of rotatable bonds is 3. The van der Waals surface area contributed by atoms with Crippen LogP contribution in [0.4, 0.5) is 0 Å². The van der Waals surface area contributed by atoms with Gasteiger partial charge < -0.3 is 9.73 Å². The highest BCUT2D eigenvalue weighted by molar-refractivity contribution is 5.91. The van der Waals surface area contributed by atoms with Gasteiger partial charge in [0.05, 0.1) is 11.7 Å². The van der Waals surface area contributed by atoms with Crippen LogP contribution in [0, 0.1) is 20.8 Å². The van der Waals surface area contributed by atoms with Gasteiger partial charge in [-0.05, 0) is 27.7 Å². The standard InChI is InChI=1S/C14H17N3O3/c1-7-5-11(18)6-12(20-7)14(19)15-8(2)13-9(3)16-17-10(13)4/h5-6,8H,1-4H3,(H,15,19)(H,16,17)/t8-/m1/s1. The maximum absolute atomic E-state index is 12.1. The summed E-state index contributed by atoms with van der Waals surface area (Å²) in [6.07, 6.45) is 0. The number of aryl methyl sites for hydroxylation is 3. The smallest absolute Gasteiger partial charge is 0.287 e. The Morgan fingerprint density at radius 1 is 1.35 bits per heavy atom. The van der Waals surface area contributed by atoms with Crippen molar-refractivity contribution in [1.82, 2.24) is 15.5 Å². The average molecular weight is 275 g/mol. The molecule has 0 aliphatic heterocycles. The van der Waals surface area contributed by atoms with Gasteiger partial charge in [-0.15, -0.1) is 0 Å². The van der Waals surface area contributed by atoms with Gasteiger partial charge in [0, 0.05) is 23.4 Å². The molecule has 0 fully saturated rings. The Kier molecular flexibility index (Phi) is 3.74. The molecule has 0 radical (unpaired) electrons. The number of aromatic nitrogens is 2. The van der Waals surface area contributed by atoms with Crippen LogP contribution < -0.4 is 10.7 Å². The number of aromatic amines is 1. The molecule has 0 saturated carbocycles. The van der Waals surface area contributed by atoms with E-state index in [0.717, 1.165) is 17.0 Å². The zero-order chi connectivity index (χ0) is 14.9. The molecule has 0 bridgehead atoms. The third-order valence-electron chi connectivity index (χ3n) is 3.08. The van der Waals surface area contributed by atoms with E-state index in [2.05, 4.69) is 15.5 Å². The molecule has 20 heavy (non-hydrogen) atoms. The van der Waals surface area contributed by atoms with E-state index in [-0.39, 0.29) is 17.2 Å². The number of amides is 1. The number of carbonyl (C=O) groups excluding carboxylic acids is 1. The van der Waals surface area contributed by atoms with Crippen LogP contribution >= 0.6 is 0 Å². The van der Waals surface area contributed by atoms with E-state index in [9.17, 15) is 9.59 Å². The minimum Gasteiger partial charge on any atom is -0.456 e. The maximum atomic E-state index is 12.1. The summed E-state index contributed by atoms with van der Waals surface area (Å²) < 4.78 is 5.26. The Morgan fingerprint density at radius 3 is 2.60 bits per heavy atom. The molecule has 0 aliphatic carbocycles. The fraction of sp³-hybridized carbons (Fsp3) is 0.357. The van der Waals surface area contributed by atoms with Crippen molar-refractivity contribution in [2.45, 2.75) is 33.7 Å². The van der Waals surface area contributed by atoms with Gasteiger partial charge in [-0.25, -0.2) is 0 Å². The van der Waals surface area contributed by atoms with Gasteiger partial charge in [0.15, 0.2) is 11.2 Å². The highest BCUT2D eigenvalue weighted by Gasteiger charge is 2.18. The average Bonchev–Trinajstić information content (AvgIpc) is 2.67. The summed E-state index contributed by atoms with van der Waals surface area (Å²) in [6, 6.07) is 2.29. The van der Waals surface area contributed by atoms with Crippen molar-refractivity contribution < 1.29 is 9.21 Å². The largest absolute Gasteiger partial charge is 0.456 e. The molecule has 2 aromatic rings. The first-order valence-corrected chi connectivity index (χ1v) is 6.32. The number of hydrogen-bond acceptors (Lipinski definition) is 4. The van der Waals surface area contributed by atoms with E-state index in [1.165, 1.54) is 12.1 Å². The highest BCUT2D eigenvalue weighted by atomic mass is 16.3. The van der Waals surface area contributed by atoms with E-state index >= 15 is 0 Å². The molecule has 6 nitrogen and oxygen atoms in total. The summed E-state index contributed by atoms with van der Waals surface area (Å²) in [5.41, 5.74) is 2.43. The molecule has 2 N–H and O–H groups in total. The molecule has 0 unspecified atom stereocenters. The number of nitrogens with one attached hydrogen (secondary N) is 2. The Morgan fingerprint density at radius 2 is 2.05 bits per heavy atom. The SMILES string of the molecule is Cc1cc(=O)cc(C(=O)N[C@H](C)c2c(C)n[nH]c2C)o1. The Labute approximate surface area is 116 Å². The second-order valence-electron chi connectivity index (χ2n) is 4.81. The second-order valence-corrected chi connectivity index (χ2v) is 4.81. The molecule has 0 spiro atoms. The van der Waals surface area contributed by atoms with Gasteiger partial charge in [-0.3, -0.25) is 14.7 Å². The molecule has 2 aromatic heterocycles. The predicted molar refractivity (Wildman–Crippen MR) is 73.7 cm³/mol. The lowest BCUT2D eigenvalue weighted by molar-refractivity contribution is 0.0907. The molecule has 1 atom stereocenters. The quantitative estimate of drug-likeness (QED) is 0.893. The molecule has 6 heteroatoms. The summed E-state index contributed by atoms with van der Waals surface area (Å²) in [4.78, 5) is 23.5. The summed E-state index contributed by atoms with van der Waals surface area (Å²) in [5.74, 6) is 0.00456. The van der Waals surface area contributed by atoms with Crippen LogP contribution in [0.3, 0.4) is 0 Å². The van der Waals surface area contributed by atoms with Gasteiger partial charge in [-0.2, -0.15) is 5.10 Å². The van der Waals surface area contributed by atoms with Crippen LogP contribution in [0.5, 0.6) is 0 Å². The lowest BCUT2D eigenvalue weighted by Gasteiger charge is -2.14. The van der Waals surface area contributed by atoms with Crippen LogP contribution in [0.1, 0.15) is 46.2 Å². The fourth-order valence-electron chi connectivity index (χ4n) is 2.25. The van der Waals surface area contributed by atoms with Crippen molar-refractivity contribution in [3.8, 4) is 0 Å². The zero-order valence-electron chi connectivity index (χ0n) is 11.9. The van der Waals surface area contributed by atoms with E-state index in [1.54, 1.807) is 6.92 Å². The van der Waals surface area contributed by atoms with Crippen molar-refractivity contribution in [3.63, 3.8) is 0 Å². The summed E-state index contributed by atoms with van der Waals surface area (Å²) in [5, 5.41) is 9.77. The van der Waals surface area contributed by atoms with Crippen LogP contribution in [-0.2, 0) is 0 Å². The van der Waals surface area contributed by atoms with Gasteiger partial charge >= 0.3 is 0 Å². The van der Waals surface area contributed by atoms with E-state index in [0.29, 0.717) is 5.76 Å². The number of nitrogens with zero attached hydrogens (tertiary/aromatic N) is 1. The van der Waals surface area contributed by atoms with Crippen LogP contribution in [0.15, 0.2) is 21.3 Å². The lowest BCUT2D eigenvalue weighted by Crippen LogP contribution is -2.28. The number of carbonyl (C=O) groups is 1. The number of H-pyrrole nitrogens is 1. The van der Waals surface area contributed by atoms with Crippen LogP contribution in [0.25, 0.3) is 0 Å². The van der Waals surface area contributed by atoms with Gasteiger partial charge in [-0.1, -0.05) is 0 Å². The fourth-order valence-corrected chi connectivity index (χ4v) is 2.25. The Balaban J connectivity index is 2.21. The molecule has 2 heterocycles. The molecule has 2 rings (SSSR count). The first-order valence-electron chi connectivity index (χ1n) is 6.32. The van der Waals surface area contributed by atoms with Crippen molar-refractivity contribution in [3.05, 3.63) is 50.8 Å². The zero-order valence-corrected chi connectivity index (χ0v) is 11.9. The molecule has 106 valence electrons. The second kappa shape index (κ2) is 5.32. The van der Waals surface area contributed by atoms with Crippen molar-refractivity contribution in [2.75, 3.05) is 0 Å². The summed E-state index contributed by atoms with van der Waals surface area (Å²) in [6.45, 7) is 7.25. The minimum atomic E-state index is -0.418. The van der Waals surface area contributed by atoms with Gasteiger partial charge in [0.1, 0.15) is 5.76 Å². The third-order valence-corrected chi connectivity index (χ3v) is 3.08. The van der Waals surface area contributed by atoms with E-state index < -0.39 is 5.91 Å². The first-order chi connectivity index (χ1) is 9.38. The molecular formula is C14H17N3O3. The van der Waals surface area contributed by atoms with Crippen molar-refractivity contribution in [2.24, 2.45) is 0 Å². The summed E-state index contributed by atoms with van der Waals surface area (Å²) in [7, 11) is 0. The minimum absolute atomic E-state index is 0.0145. The van der Waals surface area contributed by atoms with Gasteiger partial charge in [0.25, 0.3) is 5.91 Å². The molecule has 0 aliphatic rings. The molecular weight excluding hydrogens is 258 g/mol. The Bertz CT molecular complexity index is 680. The number of hydrogen-bond donors (Lipinski definition) is 2. The third kappa shape index (κ3) is 2.79. The lowest BCUT2D eigenvalue weighted by atomic mass is 10.1. The maximum Gasteiger partial charge on any atom is 0.287 e. The summed E-state index contributed by atoms with van der Waals surface area (Å²) >= 11 is 0. The van der Waals surface area contributed by atoms with Crippen molar-refractivity contribution in [1.29, 1.82) is 0 Å². The van der Waals surface area contributed by atoms with Crippen molar-refractivity contribution >= 4 is 5.91 Å². The molecule has 1 amide bonds. The van der Waals surface area contributed by atoms with Gasteiger partial charge in [0.2, 0.25) is 0 Å². The Hall–Kier alpha value is -2.37. The van der Waals surface area contributed by atoms with Crippen LogP contribution in [-0.4, -0.2) is 16.1 Å². The van der Waals surface area contributed by atoms with E-state index in [4.69, 9.17) is 4.42 Å². The molecule has 0 aromatic carbocycles. The first kappa shape index (κ1) is 14.0. The topological polar surface area (TPSA) is 88.0 Å². The molecule has 0 saturated heterocycles. The normalized spacial score (nSPS) is 12.2. The predicted octanol–water partition coefficient (Wildman–Crippen LogP) is 1.78. The van der Waals surface area contributed by atoms with E-state index in [1.807, 2.05) is 20.8 Å². The monoisotopic (exact) mass is 275 g/mol. The highest BCUT2D eigenvalue weighted by Crippen LogP contribution is 2.19.